The zero-order valence-corrected chi connectivity index (χ0v) is 31.3. The number of sulfonamides is 1. The Morgan fingerprint density at radius 3 is 2.65 bits per heavy atom. The van der Waals surface area contributed by atoms with Crippen molar-refractivity contribution in [2.75, 3.05) is 6.54 Å². The van der Waals surface area contributed by atoms with Gasteiger partial charge < -0.3 is 9.64 Å². The van der Waals surface area contributed by atoms with E-state index in [-0.39, 0.29) is 42.8 Å². The van der Waals surface area contributed by atoms with Crippen molar-refractivity contribution in [2.24, 2.45) is 17.3 Å². The molecule has 2 saturated carbocycles. The number of ketones is 1. The van der Waals surface area contributed by atoms with E-state index >= 15 is 0 Å². The maximum absolute atomic E-state index is 14.6. The Bertz CT molecular complexity index is 1960. The number of aryl methyl sites for hydroxylation is 1. The van der Waals surface area contributed by atoms with Crippen LogP contribution in [0.2, 0.25) is 0 Å². The average molecular weight is 748 g/mol. The Balaban J connectivity index is 1.18. The van der Waals surface area contributed by atoms with Gasteiger partial charge in [0.15, 0.2) is 5.78 Å². The van der Waals surface area contributed by atoms with Crippen LogP contribution in [0, 0.1) is 30.0 Å². The molecule has 0 radical (unpaired) electrons. The first-order valence-electron chi connectivity index (χ1n) is 18.4. The summed E-state index contributed by atoms with van der Waals surface area (Å²) < 4.78 is 48.5. The monoisotopic (exact) mass is 747 g/mol. The van der Waals surface area contributed by atoms with Gasteiger partial charge in [0.1, 0.15) is 11.9 Å². The Labute approximate surface area is 309 Å². The summed E-state index contributed by atoms with van der Waals surface area (Å²) in [7, 11) is -3.91. The smallest absolute Gasteiger partial charge is 0.274 e. The number of ether oxygens (including phenoxy) is 1. The molecule has 5 atom stereocenters. The largest absolute Gasteiger partial charge is 0.465 e. The average Bonchev–Trinajstić information content (AvgIpc) is 3.89. The lowest BCUT2D eigenvalue weighted by Gasteiger charge is -2.29. The number of hydrogen-bond acceptors (Lipinski definition) is 8. The fourth-order valence-corrected chi connectivity index (χ4v) is 9.91. The van der Waals surface area contributed by atoms with Gasteiger partial charge in [0, 0.05) is 29.7 Å². The number of thiazole rings is 1. The highest BCUT2D eigenvalue weighted by molar-refractivity contribution is 7.91. The van der Waals surface area contributed by atoms with Crippen molar-refractivity contribution in [3.05, 3.63) is 83.0 Å². The van der Waals surface area contributed by atoms with Gasteiger partial charge >= 0.3 is 0 Å². The highest BCUT2D eigenvalue weighted by Crippen LogP contribution is 2.57. The molecule has 7 rings (SSSR count). The lowest BCUT2D eigenvalue weighted by atomic mass is 9.89. The van der Waals surface area contributed by atoms with Crippen LogP contribution in [-0.4, -0.2) is 59.3 Å². The molecule has 1 saturated heterocycles. The van der Waals surface area contributed by atoms with E-state index in [2.05, 4.69) is 9.71 Å². The second kappa shape index (κ2) is 14.5. The number of amides is 2. The number of benzene rings is 2. The number of carbonyl (C=O) groups excluding carboxylic acids is 3. The van der Waals surface area contributed by atoms with Crippen molar-refractivity contribution in [3.8, 4) is 16.5 Å². The molecule has 2 aromatic carbocycles. The quantitative estimate of drug-likeness (QED) is 0.248. The lowest BCUT2D eigenvalue weighted by molar-refractivity contribution is -0.142. The first-order chi connectivity index (χ1) is 24.9. The number of carbonyl (C=O) groups is 3. The van der Waals surface area contributed by atoms with Gasteiger partial charge in [-0.1, -0.05) is 72.7 Å². The van der Waals surface area contributed by atoms with Crippen molar-refractivity contribution in [1.29, 1.82) is 0 Å². The molecule has 0 spiro atoms. The fourth-order valence-electron chi connectivity index (χ4n) is 7.83. The number of rotatable bonds is 8. The molecule has 0 unspecified atom stereocenters. The van der Waals surface area contributed by atoms with Gasteiger partial charge in [-0.05, 0) is 88.0 Å². The normalized spacial score (nSPS) is 28.2. The maximum Gasteiger partial charge on any atom is 0.274 e. The summed E-state index contributed by atoms with van der Waals surface area (Å²) in [5, 5.41) is 2.34. The van der Waals surface area contributed by atoms with Gasteiger partial charge in [-0.25, -0.2) is 17.8 Å². The van der Waals surface area contributed by atoms with Gasteiger partial charge in [-0.3, -0.25) is 19.1 Å². The Hall–Kier alpha value is -3.90. The van der Waals surface area contributed by atoms with E-state index in [9.17, 15) is 27.2 Å². The molecular formula is C40H46FN3O6S2. The number of nitrogens with one attached hydrogen (secondary N) is 1. The van der Waals surface area contributed by atoms with Crippen LogP contribution in [0.5, 0.6) is 5.19 Å². The summed E-state index contributed by atoms with van der Waals surface area (Å²) >= 11 is 1.35. The molecule has 3 heterocycles. The number of fused-ring (bicyclic) bond motifs is 2. The van der Waals surface area contributed by atoms with Gasteiger partial charge in [0.05, 0.1) is 28.4 Å². The minimum atomic E-state index is -3.91. The predicted octanol–water partition coefficient (Wildman–Crippen LogP) is 6.95. The van der Waals surface area contributed by atoms with Crippen molar-refractivity contribution in [3.63, 3.8) is 0 Å². The SMILES string of the molecule is Cc1cc(F)cc(C[C@H]2CCCCC/C=C\[C@@H]3C[C@@]3(C(=O)NS(=O)(=O)C3(C)CC3)CC(=O)[C@@H]3C[C@@H](Oc4nc(-c5ccccc5)cs4)CN3C2=O)c1. The molecule has 1 N–H and O–H groups in total. The van der Waals surface area contributed by atoms with Gasteiger partial charge in [-0.15, -0.1) is 0 Å². The first-order valence-corrected chi connectivity index (χ1v) is 20.7. The minimum Gasteiger partial charge on any atom is -0.465 e. The molecule has 52 heavy (non-hydrogen) atoms. The van der Waals surface area contributed by atoms with Crippen LogP contribution in [0.25, 0.3) is 11.3 Å². The molecule has 3 aromatic rings. The molecular weight excluding hydrogens is 702 g/mol. The van der Waals surface area contributed by atoms with Gasteiger partial charge in [0.25, 0.3) is 5.19 Å². The summed E-state index contributed by atoms with van der Waals surface area (Å²) in [6.07, 6.45) is 9.05. The van der Waals surface area contributed by atoms with Crippen LogP contribution in [0.3, 0.4) is 0 Å². The zero-order chi connectivity index (χ0) is 36.7. The Morgan fingerprint density at radius 2 is 1.90 bits per heavy atom. The summed E-state index contributed by atoms with van der Waals surface area (Å²) in [4.78, 5) is 49.2. The van der Waals surface area contributed by atoms with Gasteiger partial charge in [0.2, 0.25) is 21.8 Å². The lowest BCUT2D eigenvalue weighted by Crippen LogP contribution is -2.47. The molecule has 3 fully saturated rings. The van der Waals surface area contributed by atoms with E-state index in [4.69, 9.17) is 4.74 Å². The molecule has 4 aliphatic rings. The molecule has 9 nitrogen and oxygen atoms in total. The Morgan fingerprint density at radius 1 is 1.12 bits per heavy atom. The number of hydrogen-bond donors (Lipinski definition) is 1. The first kappa shape index (κ1) is 36.5. The second-order valence-electron chi connectivity index (χ2n) is 15.4. The molecule has 0 bridgehead atoms. The van der Waals surface area contributed by atoms with Crippen molar-refractivity contribution in [2.45, 2.75) is 101 Å². The van der Waals surface area contributed by atoms with E-state index in [0.29, 0.717) is 37.3 Å². The summed E-state index contributed by atoms with van der Waals surface area (Å²) in [6.45, 7) is 3.61. The predicted molar refractivity (Wildman–Crippen MR) is 198 cm³/mol. The van der Waals surface area contributed by atoms with E-state index < -0.39 is 44.2 Å². The molecule has 12 heteroatoms. The summed E-state index contributed by atoms with van der Waals surface area (Å²) in [5.74, 6) is -2.26. The number of nitrogens with zero attached hydrogens (tertiary/aromatic N) is 2. The van der Waals surface area contributed by atoms with Crippen molar-refractivity contribution in [1.82, 2.24) is 14.6 Å². The molecule has 1 aromatic heterocycles. The fraction of sp³-hybridized carbons (Fsp3) is 0.500. The van der Waals surface area contributed by atoms with Gasteiger partial charge in [-0.2, -0.15) is 0 Å². The molecule has 276 valence electrons. The molecule has 2 amide bonds. The maximum atomic E-state index is 14.6. The van der Waals surface area contributed by atoms with Crippen molar-refractivity contribution >= 4 is 39.0 Å². The standard InChI is InChI=1S/C40H46FN3O6S2/c1-26-17-27(20-31(41)18-26)19-29-13-7-4-3-5-10-14-30-22-40(30,37(47)43-52(48,49)39(2)15-16-39)23-35(45)34-21-32(24-44(34)36(29)46)50-38-42-33(25-51-38)28-11-8-6-9-12-28/h6,8-12,14,17-18,20,25,29-30,32,34H,3-5,7,13,15-16,19,21-24H2,1-2H3,(H,43,47)/b14-10-/t29-,30-,32-,34+,40-/m1/s1. The van der Waals surface area contributed by atoms with Crippen LogP contribution in [0.15, 0.2) is 66.1 Å². The van der Waals surface area contributed by atoms with Crippen LogP contribution >= 0.6 is 11.3 Å². The van der Waals surface area contributed by atoms with E-state index in [1.54, 1.807) is 11.8 Å². The topological polar surface area (TPSA) is 123 Å². The second-order valence-corrected chi connectivity index (χ2v) is 18.5. The summed E-state index contributed by atoms with van der Waals surface area (Å²) in [5.41, 5.74) is 2.00. The van der Waals surface area contributed by atoms with Crippen LogP contribution in [0.1, 0.15) is 82.3 Å². The van der Waals surface area contributed by atoms with Crippen LogP contribution < -0.4 is 9.46 Å². The number of Topliss-reactive ketones (excluding diaryl/α,β-unsaturated/α-hetero) is 1. The zero-order valence-electron chi connectivity index (χ0n) is 29.7. The highest BCUT2D eigenvalue weighted by atomic mass is 32.2. The Kier molecular flexibility index (Phi) is 10.2. The third-order valence-corrected chi connectivity index (χ3v) is 14.3. The summed E-state index contributed by atoms with van der Waals surface area (Å²) in [6, 6.07) is 13.7. The molecule has 2 aliphatic heterocycles. The van der Waals surface area contributed by atoms with Crippen LogP contribution in [-0.2, 0) is 30.8 Å². The van der Waals surface area contributed by atoms with E-state index in [1.807, 2.05) is 60.9 Å². The van der Waals surface area contributed by atoms with Crippen molar-refractivity contribution < 1.29 is 31.9 Å². The van der Waals surface area contributed by atoms with Crippen LogP contribution in [0.4, 0.5) is 4.39 Å². The number of allylic oxidation sites excluding steroid dienone is 2. The third-order valence-electron chi connectivity index (χ3n) is 11.4. The van der Waals surface area contributed by atoms with E-state index in [1.165, 1.54) is 23.5 Å². The third kappa shape index (κ3) is 7.74. The molecule has 2 aliphatic carbocycles. The minimum absolute atomic E-state index is 0.156. The highest BCUT2D eigenvalue weighted by Gasteiger charge is 2.62. The van der Waals surface area contributed by atoms with E-state index in [0.717, 1.165) is 48.1 Å². The number of halogens is 1. The number of aromatic nitrogens is 1.